The van der Waals surface area contributed by atoms with Crippen molar-refractivity contribution in [2.75, 3.05) is 0 Å². The number of aliphatic carboxylic acids is 2. The van der Waals surface area contributed by atoms with Crippen LogP contribution >= 0.6 is 0 Å². The van der Waals surface area contributed by atoms with Gasteiger partial charge in [-0.2, -0.15) is 0 Å². The van der Waals surface area contributed by atoms with Gasteiger partial charge < -0.3 is 36.9 Å². The topological polar surface area (TPSA) is 204 Å². The van der Waals surface area contributed by atoms with E-state index in [9.17, 15) is 34.2 Å². The van der Waals surface area contributed by atoms with Gasteiger partial charge in [-0.05, 0) is 36.0 Å². The van der Waals surface area contributed by atoms with E-state index in [0.29, 0.717) is 12.0 Å². The smallest absolute Gasteiger partial charge is 0.326 e. The summed E-state index contributed by atoms with van der Waals surface area (Å²) in [5.74, 6) is -4.95. The van der Waals surface area contributed by atoms with Gasteiger partial charge in [-0.25, -0.2) is 4.79 Å². The second-order valence-corrected chi connectivity index (χ2v) is 10.6. The minimum absolute atomic E-state index is 0.0125. The Kier molecular flexibility index (Phi) is 11.8. The normalized spacial score (nSPS) is 14.6. The highest BCUT2D eigenvalue weighted by Gasteiger charge is 2.33. The highest BCUT2D eigenvalue weighted by atomic mass is 16.4. The summed E-state index contributed by atoms with van der Waals surface area (Å²) in [5.41, 5.74) is 8.64. The van der Waals surface area contributed by atoms with Crippen LogP contribution in [0.3, 0.4) is 0 Å². The highest BCUT2D eigenvalue weighted by Crippen LogP contribution is 2.19. The number of nitrogens with one attached hydrogen (secondary N) is 4. The lowest BCUT2D eigenvalue weighted by atomic mass is 9.96. The minimum Gasteiger partial charge on any atom is -0.481 e. The van der Waals surface area contributed by atoms with Crippen molar-refractivity contribution >= 4 is 40.6 Å². The summed E-state index contributed by atoms with van der Waals surface area (Å²) in [7, 11) is 0. The number of fused-ring (bicyclic) bond motifs is 1. The fourth-order valence-electron chi connectivity index (χ4n) is 4.71. The Morgan fingerprint density at radius 2 is 1.49 bits per heavy atom. The van der Waals surface area contributed by atoms with Crippen LogP contribution in [-0.2, 0) is 36.8 Å². The predicted molar refractivity (Wildman–Crippen MR) is 160 cm³/mol. The van der Waals surface area contributed by atoms with Gasteiger partial charge in [-0.1, -0.05) is 68.8 Å². The third-order valence-electron chi connectivity index (χ3n) is 7.42. The average molecular weight is 594 g/mol. The molecule has 1 heterocycles. The molecule has 3 aromatic rings. The number of carbonyl (C=O) groups excluding carboxylic acids is 3. The molecule has 0 aliphatic carbocycles. The fraction of sp³-hybridized carbons (Fsp3) is 0.387. The van der Waals surface area contributed by atoms with Gasteiger partial charge in [0.2, 0.25) is 17.7 Å². The van der Waals surface area contributed by atoms with E-state index in [1.807, 2.05) is 31.2 Å². The lowest BCUT2D eigenvalue weighted by molar-refractivity contribution is -0.143. The lowest BCUT2D eigenvalue weighted by Crippen LogP contribution is -2.59. The molecule has 0 spiro atoms. The number of aromatic amines is 1. The molecule has 12 nitrogen and oxygen atoms in total. The molecular formula is C31H39N5O7. The summed E-state index contributed by atoms with van der Waals surface area (Å²) in [6.07, 6.45) is 1.74. The summed E-state index contributed by atoms with van der Waals surface area (Å²) in [4.78, 5) is 66.1. The van der Waals surface area contributed by atoms with Gasteiger partial charge in [0.25, 0.3) is 0 Å². The highest BCUT2D eigenvalue weighted by molar-refractivity contribution is 5.94. The van der Waals surface area contributed by atoms with Gasteiger partial charge in [0.15, 0.2) is 0 Å². The minimum atomic E-state index is -1.36. The van der Waals surface area contributed by atoms with Crippen molar-refractivity contribution < 1.29 is 34.2 Å². The first-order chi connectivity index (χ1) is 20.5. The molecule has 0 saturated carbocycles. The number of carboxylic acids is 2. The number of para-hydroxylation sites is 1. The van der Waals surface area contributed by atoms with Crippen molar-refractivity contribution in [1.29, 1.82) is 0 Å². The second-order valence-electron chi connectivity index (χ2n) is 10.6. The summed E-state index contributed by atoms with van der Waals surface area (Å²) in [6, 6.07) is 11.6. The number of aromatic nitrogens is 1. The Morgan fingerprint density at radius 1 is 0.837 bits per heavy atom. The molecule has 12 heteroatoms. The maximum atomic E-state index is 13.4. The van der Waals surface area contributed by atoms with E-state index in [1.54, 1.807) is 43.5 Å². The van der Waals surface area contributed by atoms with Crippen LogP contribution in [0, 0.1) is 5.92 Å². The number of H-pyrrole nitrogens is 1. The Hall–Kier alpha value is -4.71. The lowest BCUT2D eigenvalue weighted by Gasteiger charge is -2.28. The summed E-state index contributed by atoms with van der Waals surface area (Å²) >= 11 is 0. The molecule has 0 bridgehead atoms. The molecule has 2 aromatic carbocycles. The van der Waals surface area contributed by atoms with Crippen molar-refractivity contribution in [3.05, 3.63) is 71.9 Å². The molecular weight excluding hydrogens is 554 g/mol. The number of nitrogens with two attached hydrogens (primary N) is 1. The van der Waals surface area contributed by atoms with Crippen molar-refractivity contribution in [2.45, 2.75) is 70.1 Å². The maximum Gasteiger partial charge on any atom is 0.326 e. The summed E-state index contributed by atoms with van der Waals surface area (Å²) in [6.45, 7) is 3.58. The molecule has 0 aliphatic heterocycles. The van der Waals surface area contributed by atoms with E-state index in [0.717, 1.165) is 16.5 Å². The van der Waals surface area contributed by atoms with Gasteiger partial charge in [-0.15, -0.1) is 0 Å². The Labute approximate surface area is 249 Å². The summed E-state index contributed by atoms with van der Waals surface area (Å²) in [5, 5.41) is 27.5. The van der Waals surface area contributed by atoms with E-state index in [4.69, 9.17) is 5.73 Å². The molecule has 0 fully saturated rings. The fourth-order valence-corrected chi connectivity index (χ4v) is 4.71. The van der Waals surface area contributed by atoms with Crippen molar-refractivity contribution in [3.8, 4) is 0 Å². The second kappa shape index (κ2) is 15.5. The molecule has 5 unspecified atom stereocenters. The van der Waals surface area contributed by atoms with Crippen LogP contribution in [-0.4, -0.2) is 69.0 Å². The molecule has 230 valence electrons. The standard InChI is InChI=1S/C31H39N5O7/c1-3-18(2)27(36-28(39)22(32)16-20-17-33-23-12-8-7-11-21(20)23)30(41)34-24(13-14-26(37)38)29(40)35-25(31(42)43)15-19-9-5-4-6-10-19/h4-12,17-18,22,24-25,27,33H,3,13-16,32H2,1-2H3,(H,34,41)(H,35,40)(H,36,39)(H,37,38)(H,42,43). The van der Waals surface area contributed by atoms with Crippen LogP contribution in [0.15, 0.2) is 60.8 Å². The van der Waals surface area contributed by atoms with Crippen LogP contribution in [0.5, 0.6) is 0 Å². The summed E-state index contributed by atoms with van der Waals surface area (Å²) < 4.78 is 0. The Morgan fingerprint density at radius 3 is 2.14 bits per heavy atom. The van der Waals surface area contributed by atoms with E-state index in [2.05, 4.69) is 20.9 Å². The molecule has 1 aromatic heterocycles. The zero-order valence-electron chi connectivity index (χ0n) is 24.2. The molecule has 5 atom stereocenters. The van der Waals surface area contributed by atoms with Gasteiger partial charge in [0.05, 0.1) is 6.04 Å². The van der Waals surface area contributed by atoms with E-state index >= 15 is 0 Å². The zero-order valence-corrected chi connectivity index (χ0v) is 24.2. The van der Waals surface area contributed by atoms with Crippen LogP contribution in [0.1, 0.15) is 44.2 Å². The third kappa shape index (κ3) is 9.40. The Bertz CT molecular complexity index is 1420. The van der Waals surface area contributed by atoms with Crippen LogP contribution in [0.25, 0.3) is 10.9 Å². The number of amides is 3. The number of hydrogen-bond acceptors (Lipinski definition) is 6. The Balaban J connectivity index is 1.72. The molecule has 8 N–H and O–H groups in total. The van der Waals surface area contributed by atoms with Gasteiger partial charge in [-0.3, -0.25) is 19.2 Å². The van der Waals surface area contributed by atoms with Crippen LogP contribution in [0.2, 0.25) is 0 Å². The van der Waals surface area contributed by atoms with Crippen LogP contribution in [0.4, 0.5) is 0 Å². The monoisotopic (exact) mass is 593 g/mol. The van der Waals surface area contributed by atoms with Crippen molar-refractivity contribution in [1.82, 2.24) is 20.9 Å². The van der Waals surface area contributed by atoms with Crippen LogP contribution < -0.4 is 21.7 Å². The molecule has 3 amide bonds. The molecule has 0 aliphatic rings. The molecule has 0 saturated heterocycles. The number of benzene rings is 2. The SMILES string of the molecule is CCC(C)C(NC(=O)C(N)Cc1c[nH]c2ccccc12)C(=O)NC(CCC(=O)O)C(=O)NC(Cc1ccccc1)C(=O)O. The largest absolute Gasteiger partial charge is 0.481 e. The van der Waals surface area contributed by atoms with Gasteiger partial charge in [0.1, 0.15) is 18.1 Å². The van der Waals surface area contributed by atoms with E-state index < -0.39 is 60.2 Å². The molecule has 43 heavy (non-hydrogen) atoms. The first-order valence-corrected chi connectivity index (χ1v) is 14.2. The maximum absolute atomic E-state index is 13.4. The van der Waals surface area contributed by atoms with Crippen molar-refractivity contribution in [3.63, 3.8) is 0 Å². The number of carbonyl (C=O) groups is 5. The third-order valence-corrected chi connectivity index (χ3v) is 7.42. The number of hydrogen-bond donors (Lipinski definition) is 7. The quantitative estimate of drug-likeness (QED) is 0.130. The van der Waals surface area contributed by atoms with Gasteiger partial charge in [0, 0.05) is 29.9 Å². The van der Waals surface area contributed by atoms with E-state index in [-0.39, 0.29) is 25.2 Å². The molecule has 0 radical (unpaired) electrons. The average Bonchev–Trinajstić information content (AvgIpc) is 3.39. The van der Waals surface area contributed by atoms with Gasteiger partial charge >= 0.3 is 11.9 Å². The zero-order chi connectivity index (χ0) is 31.5. The first kappa shape index (κ1) is 32.8. The van der Waals surface area contributed by atoms with E-state index in [1.165, 1.54) is 0 Å². The van der Waals surface area contributed by atoms with Crippen molar-refractivity contribution in [2.24, 2.45) is 11.7 Å². The number of carboxylic acid groups (broad SMARTS) is 2. The number of rotatable bonds is 16. The first-order valence-electron chi connectivity index (χ1n) is 14.2. The predicted octanol–water partition coefficient (Wildman–Crippen LogP) is 1.73. The molecule has 3 rings (SSSR count).